The summed E-state index contributed by atoms with van der Waals surface area (Å²) < 4.78 is 0. The highest BCUT2D eigenvalue weighted by atomic mass is 16.3. The number of rotatable bonds is 5. The lowest BCUT2D eigenvalue weighted by atomic mass is 10.0. The predicted molar refractivity (Wildman–Crippen MR) is 96.4 cm³/mol. The van der Waals surface area contributed by atoms with E-state index in [-0.39, 0.29) is 24.7 Å². The van der Waals surface area contributed by atoms with Crippen LogP contribution in [0, 0.1) is 0 Å². The van der Waals surface area contributed by atoms with Crippen LogP contribution in [0.4, 0.5) is 10.5 Å². The van der Waals surface area contributed by atoms with Crippen molar-refractivity contribution in [2.45, 2.75) is 51.1 Å². The van der Waals surface area contributed by atoms with Gasteiger partial charge in [0.15, 0.2) is 0 Å². The fourth-order valence-electron chi connectivity index (χ4n) is 3.99. The van der Waals surface area contributed by atoms with Crippen molar-refractivity contribution in [2.24, 2.45) is 0 Å². The monoisotopic (exact) mass is 331 g/mol. The van der Waals surface area contributed by atoms with Crippen molar-refractivity contribution in [1.29, 1.82) is 0 Å². The quantitative estimate of drug-likeness (QED) is 0.871. The maximum absolute atomic E-state index is 12.6. The van der Waals surface area contributed by atoms with Crippen LogP contribution in [0.1, 0.15) is 38.2 Å². The number of urea groups is 1. The first-order valence-corrected chi connectivity index (χ1v) is 9.20. The molecule has 5 heteroatoms. The second kappa shape index (κ2) is 7.88. The van der Waals surface area contributed by atoms with Crippen molar-refractivity contribution in [2.75, 3.05) is 31.1 Å². The topological polar surface area (TPSA) is 55.8 Å². The molecule has 0 aliphatic carbocycles. The van der Waals surface area contributed by atoms with Crippen molar-refractivity contribution in [3.63, 3.8) is 0 Å². The number of nitrogens with one attached hydrogen (secondary N) is 1. The molecular weight excluding hydrogens is 302 g/mol. The van der Waals surface area contributed by atoms with Gasteiger partial charge in [-0.25, -0.2) is 4.79 Å². The van der Waals surface area contributed by atoms with Crippen LogP contribution in [0.3, 0.4) is 0 Å². The average Bonchev–Trinajstić information content (AvgIpc) is 3.04. The maximum atomic E-state index is 12.6. The fourth-order valence-corrected chi connectivity index (χ4v) is 3.99. The number of aliphatic hydroxyl groups excluding tert-OH is 1. The Hall–Kier alpha value is -1.75. The Bertz CT molecular complexity index is 561. The lowest BCUT2D eigenvalue weighted by molar-refractivity contribution is 0.131. The molecule has 0 radical (unpaired) electrons. The fraction of sp³-hybridized carbons (Fsp3) is 0.632. The number of carbonyl (C=O) groups excluding carboxylic acids is 1. The van der Waals surface area contributed by atoms with E-state index in [1.165, 1.54) is 11.3 Å². The standard InChI is InChI=1S/C19H29N3O2/c1-15(21-12-9-16-6-2-3-8-18(16)21)14-20-19(24)22-11-5-4-7-17(22)10-13-23/h2-3,6,8,15,17,23H,4-5,7,9-14H2,1H3,(H,20,24). The number of nitrogens with zero attached hydrogens (tertiary/aromatic N) is 2. The largest absolute Gasteiger partial charge is 0.396 e. The summed E-state index contributed by atoms with van der Waals surface area (Å²) in [6.07, 6.45) is 4.98. The second-order valence-corrected chi connectivity index (χ2v) is 6.96. The van der Waals surface area contributed by atoms with Crippen LogP contribution in [-0.4, -0.2) is 54.4 Å². The summed E-state index contributed by atoms with van der Waals surface area (Å²) in [5, 5.41) is 12.3. The molecular formula is C19H29N3O2. The van der Waals surface area contributed by atoms with Crippen molar-refractivity contribution in [3.05, 3.63) is 29.8 Å². The van der Waals surface area contributed by atoms with Crippen LogP contribution < -0.4 is 10.2 Å². The van der Waals surface area contributed by atoms with Gasteiger partial charge in [-0.2, -0.15) is 0 Å². The van der Waals surface area contributed by atoms with Crippen molar-refractivity contribution in [3.8, 4) is 0 Å². The SMILES string of the molecule is CC(CNC(=O)N1CCCCC1CCO)N1CCc2ccccc21. The summed E-state index contributed by atoms with van der Waals surface area (Å²) in [6.45, 7) is 4.79. The number of carbonyl (C=O) groups is 1. The van der Waals surface area contributed by atoms with Crippen LogP contribution in [0.15, 0.2) is 24.3 Å². The number of amides is 2. The molecule has 1 aromatic rings. The zero-order chi connectivity index (χ0) is 16.9. The summed E-state index contributed by atoms with van der Waals surface area (Å²) in [6, 6.07) is 9.01. The highest BCUT2D eigenvalue weighted by molar-refractivity contribution is 5.74. The van der Waals surface area contributed by atoms with Gasteiger partial charge in [0.25, 0.3) is 0 Å². The minimum absolute atomic E-state index is 0.0208. The van der Waals surface area contributed by atoms with Gasteiger partial charge in [0.1, 0.15) is 0 Å². The van der Waals surface area contributed by atoms with Gasteiger partial charge < -0.3 is 20.2 Å². The van der Waals surface area contributed by atoms with E-state index in [1.54, 1.807) is 0 Å². The number of piperidine rings is 1. The second-order valence-electron chi connectivity index (χ2n) is 6.96. The number of aliphatic hydroxyl groups is 1. The summed E-state index contributed by atoms with van der Waals surface area (Å²) in [4.78, 5) is 16.9. The van der Waals surface area contributed by atoms with Gasteiger partial charge in [0, 0.05) is 44.0 Å². The molecule has 0 saturated carbocycles. The average molecular weight is 331 g/mol. The lowest BCUT2D eigenvalue weighted by Crippen LogP contribution is -2.51. The Balaban J connectivity index is 1.54. The molecule has 1 saturated heterocycles. The van der Waals surface area contributed by atoms with Gasteiger partial charge in [-0.05, 0) is 50.7 Å². The maximum Gasteiger partial charge on any atom is 0.317 e. The van der Waals surface area contributed by atoms with E-state index in [2.05, 4.69) is 41.4 Å². The third kappa shape index (κ3) is 3.66. The molecule has 2 N–H and O–H groups in total. The number of hydrogen-bond donors (Lipinski definition) is 2. The summed E-state index contributed by atoms with van der Waals surface area (Å²) in [5.41, 5.74) is 2.70. The molecule has 2 amide bonds. The number of fused-ring (bicyclic) bond motifs is 1. The van der Waals surface area contributed by atoms with Crippen LogP contribution in [0.25, 0.3) is 0 Å². The molecule has 2 aliphatic heterocycles. The molecule has 2 unspecified atom stereocenters. The third-order valence-corrected chi connectivity index (χ3v) is 5.35. The molecule has 132 valence electrons. The molecule has 2 atom stereocenters. The predicted octanol–water partition coefficient (Wildman–Crippen LogP) is 2.38. The van der Waals surface area contributed by atoms with E-state index in [9.17, 15) is 9.90 Å². The van der Waals surface area contributed by atoms with Crippen LogP contribution in [0.5, 0.6) is 0 Å². The molecule has 5 nitrogen and oxygen atoms in total. The smallest absolute Gasteiger partial charge is 0.317 e. The van der Waals surface area contributed by atoms with Crippen molar-refractivity contribution in [1.82, 2.24) is 10.2 Å². The Labute approximate surface area is 144 Å². The van der Waals surface area contributed by atoms with E-state index in [0.29, 0.717) is 13.0 Å². The van der Waals surface area contributed by atoms with Crippen LogP contribution >= 0.6 is 0 Å². The Morgan fingerprint density at radius 2 is 2.17 bits per heavy atom. The third-order valence-electron chi connectivity index (χ3n) is 5.35. The van der Waals surface area contributed by atoms with E-state index in [1.807, 2.05) is 4.90 Å². The highest BCUT2D eigenvalue weighted by Crippen LogP contribution is 2.29. The van der Waals surface area contributed by atoms with Crippen LogP contribution in [0.2, 0.25) is 0 Å². The van der Waals surface area contributed by atoms with Gasteiger partial charge in [0.2, 0.25) is 0 Å². The van der Waals surface area contributed by atoms with Gasteiger partial charge in [-0.1, -0.05) is 18.2 Å². The molecule has 0 spiro atoms. The lowest BCUT2D eigenvalue weighted by Gasteiger charge is -2.36. The Morgan fingerprint density at radius 1 is 1.33 bits per heavy atom. The molecule has 1 fully saturated rings. The van der Waals surface area contributed by atoms with E-state index in [4.69, 9.17) is 0 Å². The number of benzene rings is 1. The molecule has 24 heavy (non-hydrogen) atoms. The van der Waals surface area contributed by atoms with E-state index in [0.717, 1.165) is 38.8 Å². The van der Waals surface area contributed by atoms with Gasteiger partial charge in [0.05, 0.1) is 0 Å². The van der Waals surface area contributed by atoms with E-state index >= 15 is 0 Å². The molecule has 2 aliphatic rings. The molecule has 0 bridgehead atoms. The van der Waals surface area contributed by atoms with Crippen molar-refractivity contribution < 1.29 is 9.90 Å². The van der Waals surface area contributed by atoms with Crippen molar-refractivity contribution >= 4 is 11.7 Å². The minimum Gasteiger partial charge on any atom is -0.396 e. The molecule has 1 aromatic carbocycles. The first-order valence-electron chi connectivity index (χ1n) is 9.20. The zero-order valence-corrected chi connectivity index (χ0v) is 14.6. The number of likely N-dealkylation sites (tertiary alicyclic amines) is 1. The summed E-state index contributed by atoms with van der Waals surface area (Å²) in [7, 11) is 0. The zero-order valence-electron chi connectivity index (χ0n) is 14.6. The normalized spacial score (nSPS) is 21.5. The number of anilines is 1. The van der Waals surface area contributed by atoms with E-state index < -0.39 is 0 Å². The molecule has 3 rings (SSSR count). The first kappa shape index (κ1) is 17.1. The highest BCUT2D eigenvalue weighted by Gasteiger charge is 2.27. The first-order chi connectivity index (χ1) is 11.7. The number of para-hydroxylation sites is 1. The summed E-state index contributed by atoms with van der Waals surface area (Å²) in [5.74, 6) is 0. The Morgan fingerprint density at radius 3 is 3.00 bits per heavy atom. The molecule has 0 aromatic heterocycles. The van der Waals surface area contributed by atoms with Gasteiger partial charge in [-0.15, -0.1) is 0 Å². The summed E-state index contributed by atoms with van der Waals surface area (Å²) >= 11 is 0. The van der Waals surface area contributed by atoms with Crippen LogP contribution in [-0.2, 0) is 6.42 Å². The Kier molecular flexibility index (Phi) is 5.61. The van der Waals surface area contributed by atoms with Gasteiger partial charge >= 0.3 is 6.03 Å². The number of hydrogen-bond acceptors (Lipinski definition) is 3. The molecule has 2 heterocycles. The minimum atomic E-state index is 0.0208. The van der Waals surface area contributed by atoms with Gasteiger partial charge in [-0.3, -0.25) is 0 Å².